The summed E-state index contributed by atoms with van der Waals surface area (Å²) < 4.78 is 11.1. The molecule has 3 rings (SSSR count). The predicted octanol–water partition coefficient (Wildman–Crippen LogP) is 4.58. The first-order valence-electron chi connectivity index (χ1n) is 9.35. The molecule has 5 heteroatoms. The standard InChI is InChI=1S/C23H26N2O3/c1-23(2,3)18-9-11-20(12-10-18)28-17-22(26)25(16-21-8-6-14-27-21)15-19-7-4-5-13-24-19/h4-14H,15-17H2,1-3H3. The number of carbonyl (C=O) groups is 1. The number of carbonyl (C=O) groups excluding carboxylic acids is 1. The predicted molar refractivity (Wildman–Crippen MR) is 108 cm³/mol. The molecule has 0 saturated carbocycles. The molecule has 0 atom stereocenters. The molecule has 28 heavy (non-hydrogen) atoms. The van der Waals surface area contributed by atoms with Crippen molar-refractivity contribution >= 4 is 5.91 Å². The molecular formula is C23H26N2O3. The normalized spacial score (nSPS) is 11.2. The van der Waals surface area contributed by atoms with Crippen molar-refractivity contribution in [1.82, 2.24) is 9.88 Å². The lowest BCUT2D eigenvalue weighted by Crippen LogP contribution is -2.34. The van der Waals surface area contributed by atoms with Crippen LogP contribution in [0.1, 0.15) is 37.8 Å². The van der Waals surface area contributed by atoms with Crippen molar-refractivity contribution in [2.45, 2.75) is 39.3 Å². The van der Waals surface area contributed by atoms with E-state index in [1.807, 2.05) is 54.6 Å². The Morgan fingerprint density at radius 1 is 1.04 bits per heavy atom. The van der Waals surface area contributed by atoms with Crippen molar-refractivity contribution in [3.05, 3.63) is 84.1 Å². The molecule has 2 heterocycles. The van der Waals surface area contributed by atoms with Gasteiger partial charge in [0.05, 0.1) is 25.0 Å². The zero-order valence-electron chi connectivity index (χ0n) is 16.6. The number of nitrogens with zero attached hydrogens (tertiary/aromatic N) is 2. The van der Waals surface area contributed by atoms with E-state index in [1.165, 1.54) is 5.56 Å². The molecule has 0 spiro atoms. The van der Waals surface area contributed by atoms with Crippen molar-refractivity contribution in [3.8, 4) is 5.75 Å². The van der Waals surface area contributed by atoms with Crippen LogP contribution < -0.4 is 4.74 Å². The summed E-state index contributed by atoms with van der Waals surface area (Å²) in [6.07, 6.45) is 3.32. The molecule has 1 amide bonds. The Labute approximate surface area is 166 Å². The summed E-state index contributed by atoms with van der Waals surface area (Å²) in [5, 5.41) is 0. The lowest BCUT2D eigenvalue weighted by Gasteiger charge is -2.22. The number of furan rings is 1. The molecular weight excluding hydrogens is 352 g/mol. The van der Waals surface area contributed by atoms with E-state index in [-0.39, 0.29) is 17.9 Å². The molecule has 0 aliphatic carbocycles. The topological polar surface area (TPSA) is 55.6 Å². The van der Waals surface area contributed by atoms with Gasteiger partial charge >= 0.3 is 0 Å². The summed E-state index contributed by atoms with van der Waals surface area (Å²) in [6, 6.07) is 17.2. The number of benzene rings is 1. The van der Waals surface area contributed by atoms with E-state index in [9.17, 15) is 4.79 Å². The average molecular weight is 378 g/mol. The fourth-order valence-corrected chi connectivity index (χ4v) is 2.80. The third-order valence-corrected chi connectivity index (χ3v) is 4.44. The average Bonchev–Trinajstić information content (AvgIpc) is 3.19. The lowest BCUT2D eigenvalue weighted by molar-refractivity contribution is -0.135. The maximum Gasteiger partial charge on any atom is 0.261 e. The van der Waals surface area contributed by atoms with E-state index in [1.54, 1.807) is 17.4 Å². The highest BCUT2D eigenvalue weighted by Gasteiger charge is 2.18. The summed E-state index contributed by atoms with van der Waals surface area (Å²) in [7, 11) is 0. The van der Waals surface area contributed by atoms with Crippen LogP contribution in [0, 0.1) is 0 Å². The van der Waals surface area contributed by atoms with E-state index in [0.717, 1.165) is 11.5 Å². The first kappa shape index (κ1) is 19.7. The van der Waals surface area contributed by atoms with Crippen LogP contribution in [0.15, 0.2) is 71.5 Å². The molecule has 0 radical (unpaired) electrons. The SMILES string of the molecule is CC(C)(C)c1ccc(OCC(=O)N(Cc2ccccn2)Cc2ccco2)cc1. The molecule has 1 aromatic carbocycles. The van der Waals surface area contributed by atoms with Gasteiger partial charge in [-0.15, -0.1) is 0 Å². The van der Waals surface area contributed by atoms with E-state index < -0.39 is 0 Å². The second kappa shape index (κ2) is 8.74. The highest BCUT2D eigenvalue weighted by molar-refractivity contribution is 5.77. The highest BCUT2D eigenvalue weighted by Crippen LogP contribution is 2.24. The first-order chi connectivity index (χ1) is 13.4. The van der Waals surface area contributed by atoms with Crippen LogP contribution in [0.4, 0.5) is 0 Å². The number of pyridine rings is 1. The molecule has 0 fully saturated rings. The van der Waals surface area contributed by atoms with Crippen LogP contribution in [0.2, 0.25) is 0 Å². The number of hydrogen-bond acceptors (Lipinski definition) is 4. The third kappa shape index (κ3) is 5.46. The largest absolute Gasteiger partial charge is 0.484 e. The molecule has 5 nitrogen and oxygen atoms in total. The van der Waals surface area contributed by atoms with Gasteiger partial charge in [-0.25, -0.2) is 0 Å². The fraction of sp³-hybridized carbons (Fsp3) is 0.304. The van der Waals surface area contributed by atoms with Crippen molar-refractivity contribution in [2.24, 2.45) is 0 Å². The maximum absolute atomic E-state index is 12.8. The Balaban J connectivity index is 1.65. The van der Waals surface area contributed by atoms with E-state index >= 15 is 0 Å². The smallest absolute Gasteiger partial charge is 0.261 e. The van der Waals surface area contributed by atoms with Crippen LogP contribution in [0.5, 0.6) is 5.75 Å². The molecule has 0 bridgehead atoms. The molecule has 0 unspecified atom stereocenters. The molecule has 0 aliphatic heterocycles. The Morgan fingerprint density at radius 2 is 1.82 bits per heavy atom. The van der Waals surface area contributed by atoms with E-state index in [2.05, 4.69) is 25.8 Å². The van der Waals surface area contributed by atoms with Crippen molar-refractivity contribution in [2.75, 3.05) is 6.61 Å². The van der Waals surface area contributed by atoms with Gasteiger partial charge in [-0.2, -0.15) is 0 Å². The van der Waals surface area contributed by atoms with Crippen LogP contribution in [-0.4, -0.2) is 22.4 Å². The molecule has 3 aromatic rings. The monoisotopic (exact) mass is 378 g/mol. The van der Waals surface area contributed by atoms with Crippen LogP contribution in [-0.2, 0) is 23.3 Å². The highest BCUT2D eigenvalue weighted by atomic mass is 16.5. The first-order valence-corrected chi connectivity index (χ1v) is 9.35. The van der Waals surface area contributed by atoms with Crippen LogP contribution in [0.3, 0.4) is 0 Å². The van der Waals surface area contributed by atoms with E-state index in [4.69, 9.17) is 9.15 Å². The van der Waals surface area contributed by atoms with Crippen LogP contribution in [0.25, 0.3) is 0 Å². The van der Waals surface area contributed by atoms with Gasteiger partial charge in [0.1, 0.15) is 11.5 Å². The lowest BCUT2D eigenvalue weighted by atomic mass is 9.87. The van der Waals surface area contributed by atoms with Gasteiger partial charge in [-0.3, -0.25) is 9.78 Å². The minimum atomic E-state index is -0.123. The quantitative estimate of drug-likeness (QED) is 0.604. The summed E-state index contributed by atoms with van der Waals surface area (Å²) in [6.45, 7) is 7.22. The second-order valence-electron chi connectivity index (χ2n) is 7.71. The van der Waals surface area contributed by atoms with Gasteiger partial charge in [-0.1, -0.05) is 39.0 Å². The zero-order valence-corrected chi connectivity index (χ0v) is 16.6. The van der Waals surface area contributed by atoms with Crippen molar-refractivity contribution in [3.63, 3.8) is 0 Å². The number of hydrogen-bond donors (Lipinski definition) is 0. The van der Waals surface area contributed by atoms with Gasteiger partial charge in [0.2, 0.25) is 0 Å². The third-order valence-electron chi connectivity index (χ3n) is 4.44. The van der Waals surface area contributed by atoms with Gasteiger partial charge < -0.3 is 14.1 Å². The van der Waals surface area contributed by atoms with Gasteiger partial charge in [0.25, 0.3) is 5.91 Å². The Bertz CT molecular complexity index is 866. The molecule has 2 aromatic heterocycles. The number of amides is 1. The summed E-state index contributed by atoms with van der Waals surface area (Å²) in [5.74, 6) is 1.28. The fourth-order valence-electron chi connectivity index (χ4n) is 2.80. The molecule has 146 valence electrons. The maximum atomic E-state index is 12.8. The van der Waals surface area contributed by atoms with Crippen molar-refractivity contribution in [1.29, 1.82) is 0 Å². The molecule has 0 N–H and O–H groups in total. The Hall–Kier alpha value is -3.08. The zero-order chi connectivity index (χ0) is 20.0. The van der Waals surface area contributed by atoms with Crippen molar-refractivity contribution < 1.29 is 13.9 Å². The Kier molecular flexibility index (Phi) is 6.14. The summed E-state index contributed by atoms with van der Waals surface area (Å²) >= 11 is 0. The van der Waals surface area contributed by atoms with E-state index in [0.29, 0.717) is 18.8 Å². The summed E-state index contributed by atoms with van der Waals surface area (Å²) in [4.78, 5) is 18.8. The Morgan fingerprint density at radius 3 is 2.43 bits per heavy atom. The van der Waals surface area contributed by atoms with Crippen LogP contribution >= 0.6 is 0 Å². The minimum absolute atomic E-state index is 0.0393. The second-order valence-corrected chi connectivity index (χ2v) is 7.71. The molecule has 0 saturated heterocycles. The van der Waals surface area contributed by atoms with Gasteiger partial charge in [0.15, 0.2) is 6.61 Å². The number of ether oxygens (including phenoxy) is 1. The minimum Gasteiger partial charge on any atom is -0.484 e. The molecule has 0 aliphatic rings. The number of rotatable bonds is 7. The summed E-state index contributed by atoms with van der Waals surface area (Å²) in [5.41, 5.74) is 2.12. The van der Waals surface area contributed by atoms with Gasteiger partial charge in [0, 0.05) is 6.20 Å². The number of aromatic nitrogens is 1. The van der Waals surface area contributed by atoms with Gasteiger partial charge in [-0.05, 0) is 47.4 Å².